The minimum Gasteiger partial charge on any atom is -0.478 e. The van der Waals surface area contributed by atoms with E-state index in [1.807, 2.05) is 25.3 Å². The van der Waals surface area contributed by atoms with Gasteiger partial charge in [0.15, 0.2) is 0 Å². The van der Waals surface area contributed by atoms with Crippen molar-refractivity contribution >= 4 is 11.5 Å². The summed E-state index contributed by atoms with van der Waals surface area (Å²) in [5.41, 5.74) is 3.07. The van der Waals surface area contributed by atoms with Crippen LogP contribution in [0.3, 0.4) is 0 Å². The maximum absolute atomic E-state index is 5.35. The Kier molecular flexibility index (Phi) is 3.68. The molecule has 1 N–H and O–H groups in total. The van der Waals surface area contributed by atoms with Crippen LogP contribution in [-0.2, 0) is 6.54 Å². The van der Waals surface area contributed by atoms with E-state index in [-0.39, 0.29) is 0 Å². The lowest BCUT2D eigenvalue weighted by Crippen LogP contribution is -2.03. The highest BCUT2D eigenvalue weighted by Gasteiger charge is 2.04. The van der Waals surface area contributed by atoms with Crippen molar-refractivity contribution in [1.82, 2.24) is 19.4 Å². The van der Waals surface area contributed by atoms with Crippen molar-refractivity contribution in [3.05, 3.63) is 48.2 Å². The summed E-state index contributed by atoms with van der Waals surface area (Å²) in [6.07, 6.45) is 3.52. The Morgan fingerprint density at radius 1 is 1.29 bits per heavy atom. The zero-order valence-corrected chi connectivity index (χ0v) is 12.1. The smallest absolute Gasteiger partial charge is 0.218 e. The predicted octanol–water partition coefficient (Wildman–Crippen LogP) is 2.44. The molecule has 0 aliphatic heterocycles. The van der Waals surface area contributed by atoms with Crippen LogP contribution in [-0.4, -0.2) is 26.0 Å². The number of hydrogen-bond donors (Lipinski definition) is 1. The standard InChI is InChI=1S/C15H17N5O/c1-3-21-15-7-13(17-10-18-15)16-8-12-9-20-11(2)5-4-6-14(20)19-12/h4-7,9-10H,3,8H2,1-2H3,(H,16,17,18). The van der Waals surface area contributed by atoms with E-state index in [1.165, 1.54) is 6.33 Å². The van der Waals surface area contributed by atoms with Gasteiger partial charge in [0.25, 0.3) is 0 Å². The molecule has 0 fully saturated rings. The van der Waals surface area contributed by atoms with Gasteiger partial charge in [-0.25, -0.2) is 15.0 Å². The second-order valence-corrected chi connectivity index (χ2v) is 4.66. The van der Waals surface area contributed by atoms with Gasteiger partial charge in [0, 0.05) is 18.0 Å². The highest BCUT2D eigenvalue weighted by Crippen LogP contribution is 2.13. The third-order valence-corrected chi connectivity index (χ3v) is 3.13. The van der Waals surface area contributed by atoms with Crippen LogP contribution in [0, 0.1) is 6.92 Å². The third-order valence-electron chi connectivity index (χ3n) is 3.13. The Morgan fingerprint density at radius 3 is 3.00 bits per heavy atom. The van der Waals surface area contributed by atoms with Gasteiger partial charge in [0.05, 0.1) is 18.8 Å². The molecule has 3 aromatic rings. The molecule has 0 amide bonds. The minimum absolute atomic E-state index is 0.570. The fourth-order valence-corrected chi connectivity index (χ4v) is 2.13. The van der Waals surface area contributed by atoms with Crippen molar-refractivity contribution in [3.8, 4) is 5.88 Å². The van der Waals surface area contributed by atoms with Crippen molar-refractivity contribution in [3.63, 3.8) is 0 Å². The van der Waals surface area contributed by atoms with Gasteiger partial charge in [-0.2, -0.15) is 0 Å². The first-order valence-electron chi connectivity index (χ1n) is 6.88. The SMILES string of the molecule is CCOc1cc(NCc2cn3c(C)cccc3n2)ncn1. The van der Waals surface area contributed by atoms with Gasteiger partial charge in [-0.05, 0) is 26.0 Å². The first kappa shape index (κ1) is 13.4. The van der Waals surface area contributed by atoms with Crippen molar-refractivity contribution < 1.29 is 4.74 Å². The van der Waals surface area contributed by atoms with Crippen molar-refractivity contribution in [1.29, 1.82) is 0 Å². The third kappa shape index (κ3) is 2.94. The molecule has 0 bridgehead atoms. The number of imidazole rings is 1. The van der Waals surface area contributed by atoms with E-state index in [0.29, 0.717) is 19.0 Å². The van der Waals surface area contributed by atoms with Crippen LogP contribution < -0.4 is 10.1 Å². The van der Waals surface area contributed by atoms with E-state index in [1.54, 1.807) is 6.07 Å². The number of fused-ring (bicyclic) bond motifs is 1. The Balaban J connectivity index is 1.74. The van der Waals surface area contributed by atoms with Crippen LogP contribution in [0.15, 0.2) is 36.8 Å². The first-order valence-corrected chi connectivity index (χ1v) is 6.88. The molecule has 0 aliphatic carbocycles. The average Bonchev–Trinajstić information content (AvgIpc) is 2.91. The number of hydrogen-bond acceptors (Lipinski definition) is 5. The van der Waals surface area contributed by atoms with E-state index in [0.717, 1.165) is 22.9 Å². The Labute approximate surface area is 122 Å². The summed E-state index contributed by atoms with van der Waals surface area (Å²) in [7, 11) is 0. The average molecular weight is 283 g/mol. The second kappa shape index (κ2) is 5.78. The largest absolute Gasteiger partial charge is 0.478 e. The summed E-state index contributed by atoms with van der Waals surface area (Å²) < 4.78 is 7.42. The van der Waals surface area contributed by atoms with Crippen LogP contribution in [0.1, 0.15) is 18.3 Å². The Morgan fingerprint density at radius 2 is 2.19 bits per heavy atom. The molecule has 108 valence electrons. The monoisotopic (exact) mass is 283 g/mol. The molecule has 0 saturated heterocycles. The fraction of sp³-hybridized carbons (Fsp3) is 0.267. The summed E-state index contributed by atoms with van der Waals surface area (Å²) in [6.45, 7) is 5.17. The second-order valence-electron chi connectivity index (χ2n) is 4.66. The van der Waals surface area contributed by atoms with Crippen LogP contribution in [0.25, 0.3) is 5.65 Å². The molecule has 6 heteroatoms. The molecular formula is C15H17N5O. The lowest BCUT2D eigenvalue weighted by molar-refractivity contribution is 0.326. The molecule has 0 atom stereocenters. The zero-order chi connectivity index (χ0) is 14.7. The van der Waals surface area contributed by atoms with Gasteiger partial charge in [-0.3, -0.25) is 0 Å². The molecule has 3 heterocycles. The van der Waals surface area contributed by atoms with Crippen molar-refractivity contribution in [2.45, 2.75) is 20.4 Å². The summed E-state index contributed by atoms with van der Waals surface area (Å²) in [6, 6.07) is 7.84. The lowest BCUT2D eigenvalue weighted by atomic mass is 10.4. The van der Waals surface area contributed by atoms with Gasteiger partial charge >= 0.3 is 0 Å². The van der Waals surface area contributed by atoms with Gasteiger partial charge in [0.2, 0.25) is 5.88 Å². The first-order chi connectivity index (χ1) is 10.3. The Bertz CT molecular complexity index is 753. The van der Waals surface area contributed by atoms with E-state index >= 15 is 0 Å². The highest BCUT2D eigenvalue weighted by molar-refractivity contribution is 5.43. The van der Waals surface area contributed by atoms with Gasteiger partial charge < -0.3 is 14.5 Å². The molecule has 0 aromatic carbocycles. The van der Waals surface area contributed by atoms with Crippen molar-refractivity contribution in [2.75, 3.05) is 11.9 Å². The molecule has 0 spiro atoms. The van der Waals surface area contributed by atoms with Gasteiger partial charge in [-0.15, -0.1) is 0 Å². The van der Waals surface area contributed by atoms with E-state index < -0.39 is 0 Å². The van der Waals surface area contributed by atoms with E-state index in [9.17, 15) is 0 Å². The summed E-state index contributed by atoms with van der Waals surface area (Å²) in [5, 5.41) is 3.23. The molecule has 0 saturated carbocycles. The lowest BCUT2D eigenvalue weighted by Gasteiger charge is -2.05. The molecule has 21 heavy (non-hydrogen) atoms. The molecule has 3 aromatic heterocycles. The van der Waals surface area contributed by atoms with Crippen LogP contribution in [0.5, 0.6) is 5.88 Å². The number of ether oxygens (including phenoxy) is 1. The molecular weight excluding hydrogens is 266 g/mol. The highest BCUT2D eigenvalue weighted by atomic mass is 16.5. The summed E-state index contributed by atoms with van der Waals surface area (Å²) in [5.74, 6) is 1.29. The van der Waals surface area contributed by atoms with Crippen LogP contribution >= 0.6 is 0 Å². The maximum atomic E-state index is 5.35. The van der Waals surface area contributed by atoms with Crippen LogP contribution in [0.4, 0.5) is 5.82 Å². The number of rotatable bonds is 5. The number of nitrogens with zero attached hydrogens (tertiary/aromatic N) is 4. The molecule has 0 aliphatic rings. The molecule has 3 rings (SSSR count). The molecule has 0 unspecified atom stereocenters. The van der Waals surface area contributed by atoms with Crippen LogP contribution in [0.2, 0.25) is 0 Å². The fourth-order valence-electron chi connectivity index (χ4n) is 2.13. The normalized spacial score (nSPS) is 10.8. The summed E-state index contributed by atoms with van der Waals surface area (Å²) in [4.78, 5) is 12.8. The minimum atomic E-state index is 0.570. The number of anilines is 1. The zero-order valence-electron chi connectivity index (χ0n) is 12.1. The number of nitrogens with one attached hydrogen (secondary N) is 1. The summed E-state index contributed by atoms with van der Waals surface area (Å²) >= 11 is 0. The predicted molar refractivity (Wildman–Crippen MR) is 80.5 cm³/mol. The van der Waals surface area contributed by atoms with Crippen molar-refractivity contribution in [2.24, 2.45) is 0 Å². The molecule has 0 radical (unpaired) electrons. The van der Waals surface area contributed by atoms with Gasteiger partial charge in [-0.1, -0.05) is 6.07 Å². The number of pyridine rings is 1. The van der Waals surface area contributed by atoms with Gasteiger partial charge in [0.1, 0.15) is 17.8 Å². The number of aryl methyl sites for hydroxylation is 1. The Hall–Kier alpha value is -2.63. The maximum Gasteiger partial charge on any atom is 0.218 e. The van der Waals surface area contributed by atoms with E-state index in [2.05, 4.69) is 37.7 Å². The van der Waals surface area contributed by atoms with E-state index in [4.69, 9.17) is 4.74 Å². The topological polar surface area (TPSA) is 64.3 Å². The molecule has 6 nitrogen and oxygen atoms in total. The quantitative estimate of drug-likeness (QED) is 0.779. The number of aromatic nitrogens is 4.